The number of hydrogen-bond donors (Lipinski definition) is 0. The summed E-state index contributed by atoms with van der Waals surface area (Å²) < 4.78 is 24.6. The van der Waals surface area contributed by atoms with Gasteiger partial charge in [0.1, 0.15) is 0 Å². The molecule has 3 heteroatoms. The Balaban J connectivity index is 1.66. The van der Waals surface area contributed by atoms with E-state index in [0.29, 0.717) is 0 Å². The number of rotatable bonds is 6. The highest BCUT2D eigenvalue weighted by atomic mass is 28.3. The minimum Gasteiger partial charge on any atom is -0.174 e. The van der Waals surface area contributed by atoms with Gasteiger partial charge in [-0.15, -0.1) is 0 Å². The van der Waals surface area contributed by atoms with Gasteiger partial charge in [0.15, 0.2) is 0 Å². The molecule has 1 saturated heterocycles. The van der Waals surface area contributed by atoms with E-state index in [1.807, 2.05) is 0 Å². The minimum absolute atomic E-state index is 0.158. The first-order valence-electron chi connectivity index (χ1n) is 9.21. The van der Waals surface area contributed by atoms with E-state index in [0.717, 1.165) is 24.7 Å². The molecule has 1 saturated carbocycles. The molecule has 2 fully saturated rings. The van der Waals surface area contributed by atoms with Crippen LogP contribution >= 0.6 is 0 Å². The van der Waals surface area contributed by atoms with Gasteiger partial charge in [0.05, 0.1) is 0 Å². The molecule has 21 heavy (non-hydrogen) atoms. The third-order valence-corrected chi connectivity index (χ3v) is 9.48. The lowest BCUT2D eigenvalue weighted by molar-refractivity contribution is 0.206. The highest BCUT2D eigenvalue weighted by Crippen LogP contribution is 2.41. The average molecular weight is 315 g/mol. The van der Waals surface area contributed by atoms with E-state index >= 15 is 0 Å². The van der Waals surface area contributed by atoms with E-state index in [2.05, 4.69) is 6.92 Å². The van der Waals surface area contributed by atoms with Gasteiger partial charge in [-0.25, -0.2) is 0 Å². The Morgan fingerprint density at radius 1 is 0.952 bits per heavy atom. The smallest absolute Gasteiger partial charge is 0.174 e. The van der Waals surface area contributed by atoms with Gasteiger partial charge in [0.25, 0.3) is 6.08 Å². The van der Waals surface area contributed by atoms with Crippen molar-refractivity contribution in [3.63, 3.8) is 0 Å². The van der Waals surface area contributed by atoms with Crippen molar-refractivity contribution in [1.29, 1.82) is 0 Å². The quantitative estimate of drug-likeness (QED) is 0.393. The summed E-state index contributed by atoms with van der Waals surface area (Å²) in [5.41, 5.74) is 0. The predicted octanol–water partition coefficient (Wildman–Crippen LogP) is 6.40. The fourth-order valence-electron chi connectivity index (χ4n) is 4.59. The van der Waals surface area contributed by atoms with Gasteiger partial charge in [-0.2, -0.15) is 8.78 Å². The van der Waals surface area contributed by atoms with Crippen molar-refractivity contribution in [2.45, 2.75) is 82.8 Å². The first kappa shape index (κ1) is 17.2. The highest BCUT2D eigenvalue weighted by molar-refractivity contribution is 6.58. The summed E-state index contributed by atoms with van der Waals surface area (Å²) in [5.74, 6) is 1.94. The SMILES string of the molecule is CCCCC[Si@H]1CC[C@H](C2CCC(C=C(F)F)CC2)CC1. The first-order valence-corrected chi connectivity index (χ1v) is 11.7. The molecule has 1 heterocycles. The van der Waals surface area contributed by atoms with Crippen LogP contribution in [0.3, 0.4) is 0 Å². The van der Waals surface area contributed by atoms with Gasteiger partial charge in [-0.05, 0) is 49.5 Å². The number of allylic oxidation sites excluding steroid dienone is 1. The van der Waals surface area contributed by atoms with Crippen molar-refractivity contribution < 1.29 is 8.78 Å². The van der Waals surface area contributed by atoms with E-state index in [-0.39, 0.29) is 5.92 Å². The molecule has 0 N–H and O–H groups in total. The second kappa shape index (κ2) is 9.07. The van der Waals surface area contributed by atoms with E-state index in [4.69, 9.17) is 0 Å². The largest absolute Gasteiger partial charge is 0.266 e. The van der Waals surface area contributed by atoms with Gasteiger partial charge in [0.2, 0.25) is 0 Å². The summed E-state index contributed by atoms with van der Waals surface area (Å²) >= 11 is 0. The van der Waals surface area contributed by atoms with Crippen LogP contribution in [0.4, 0.5) is 8.78 Å². The summed E-state index contributed by atoms with van der Waals surface area (Å²) in [5, 5.41) is 0. The summed E-state index contributed by atoms with van der Waals surface area (Å²) in [6.07, 6.45) is 11.3. The maximum atomic E-state index is 12.3. The Labute approximate surface area is 131 Å². The summed E-state index contributed by atoms with van der Waals surface area (Å²) in [6, 6.07) is 4.70. The Hall–Kier alpha value is -0.183. The number of hydrogen-bond acceptors (Lipinski definition) is 0. The molecule has 2 aliphatic rings. The van der Waals surface area contributed by atoms with E-state index in [1.54, 1.807) is 18.1 Å². The number of unbranched alkanes of at least 4 members (excludes halogenated alkanes) is 2. The average Bonchev–Trinajstić information content (AvgIpc) is 2.49. The maximum Gasteiger partial charge on any atom is 0.266 e. The zero-order valence-electron chi connectivity index (χ0n) is 13.6. The van der Waals surface area contributed by atoms with Crippen molar-refractivity contribution in [3.8, 4) is 0 Å². The van der Waals surface area contributed by atoms with Crippen LogP contribution in [-0.4, -0.2) is 8.80 Å². The first-order chi connectivity index (χ1) is 10.2. The molecule has 122 valence electrons. The molecule has 1 aliphatic carbocycles. The minimum atomic E-state index is -1.47. The van der Waals surface area contributed by atoms with Gasteiger partial charge >= 0.3 is 0 Å². The molecule has 0 radical (unpaired) electrons. The topological polar surface area (TPSA) is 0 Å². The fraction of sp³-hybridized carbons (Fsp3) is 0.889. The second-order valence-electron chi connectivity index (χ2n) is 7.41. The summed E-state index contributed by atoms with van der Waals surface area (Å²) in [6.45, 7) is 2.29. The third kappa shape index (κ3) is 5.84. The van der Waals surface area contributed by atoms with Crippen LogP contribution in [0.25, 0.3) is 0 Å². The monoisotopic (exact) mass is 314 g/mol. The van der Waals surface area contributed by atoms with Crippen molar-refractivity contribution in [2.75, 3.05) is 0 Å². The van der Waals surface area contributed by atoms with Crippen LogP contribution in [0.1, 0.15) is 64.7 Å². The molecule has 2 rings (SSSR count). The maximum absolute atomic E-state index is 12.3. The fourth-order valence-corrected chi connectivity index (χ4v) is 8.12. The molecule has 0 aromatic rings. The van der Waals surface area contributed by atoms with Crippen molar-refractivity contribution in [3.05, 3.63) is 12.2 Å². The molecule has 0 nitrogen and oxygen atoms in total. The summed E-state index contributed by atoms with van der Waals surface area (Å²) in [4.78, 5) is 0. The Morgan fingerprint density at radius 3 is 2.14 bits per heavy atom. The molecule has 0 bridgehead atoms. The molecule has 0 atom stereocenters. The third-order valence-electron chi connectivity index (χ3n) is 5.95. The Bertz CT molecular complexity index is 309. The van der Waals surface area contributed by atoms with Crippen LogP contribution in [0.15, 0.2) is 12.2 Å². The van der Waals surface area contributed by atoms with E-state index < -0.39 is 14.9 Å². The van der Waals surface area contributed by atoms with Crippen LogP contribution in [0.5, 0.6) is 0 Å². The van der Waals surface area contributed by atoms with E-state index in [1.165, 1.54) is 51.0 Å². The predicted molar refractivity (Wildman–Crippen MR) is 89.6 cm³/mol. The standard InChI is InChI=1S/C18H32F2Si/c1-2-3-4-11-21-12-9-17(10-13-21)16-7-5-15(6-8-16)14-18(19)20/h14-17,21H,2-13H2,1H3/t15?,16?,17-,21-. The second-order valence-corrected chi connectivity index (χ2v) is 10.9. The van der Waals surface area contributed by atoms with Crippen LogP contribution in [0.2, 0.25) is 18.1 Å². The summed E-state index contributed by atoms with van der Waals surface area (Å²) in [7, 11) is -0.391. The van der Waals surface area contributed by atoms with Gasteiger partial charge in [0, 0.05) is 8.80 Å². The normalized spacial score (nSPS) is 33.7. The van der Waals surface area contributed by atoms with Crippen molar-refractivity contribution in [1.82, 2.24) is 0 Å². The highest BCUT2D eigenvalue weighted by Gasteiger charge is 2.30. The van der Waals surface area contributed by atoms with E-state index in [9.17, 15) is 8.78 Å². The van der Waals surface area contributed by atoms with Gasteiger partial charge < -0.3 is 0 Å². The van der Waals surface area contributed by atoms with Gasteiger partial charge in [-0.1, -0.05) is 57.2 Å². The van der Waals surface area contributed by atoms with Gasteiger partial charge in [-0.3, -0.25) is 0 Å². The molecular formula is C18H32F2Si. The Kier molecular flexibility index (Phi) is 7.42. The van der Waals surface area contributed by atoms with Crippen LogP contribution < -0.4 is 0 Å². The molecule has 0 spiro atoms. The molecule has 1 aliphatic heterocycles. The zero-order valence-corrected chi connectivity index (χ0v) is 14.8. The van der Waals surface area contributed by atoms with Crippen LogP contribution in [0, 0.1) is 17.8 Å². The van der Waals surface area contributed by atoms with Crippen molar-refractivity contribution in [2.24, 2.45) is 17.8 Å². The van der Waals surface area contributed by atoms with Crippen LogP contribution in [-0.2, 0) is 0 Å². The lowest BCUT2D eigenvalue weighted by Crippen LogP contribution is -2.28. The lowest BCUT2D eigenvalue weighted by atomic mass is 9.74. The molecule has 0 unspecified atom stereocenters. The number of halogens is 2. The molecule has 0 aromatic carbocycles. The lowest BCUT2D eigenvalue weighted by Gasteiger charge is -2.37. The zero-order chi connectivity index (χ0) is 15.1. The van der Waals surface area contributed by atoms with Crippen molar-refractivity contribution >= 4 is 8.80 Å². The molecular weight excluding hydrogens is 282 g/mol. The molecule has 0 amide bonds. The Morgan fingerprint density at radius 2 is 1.57 bits per heavy atom. The molecule has 0 aromatic heterocycles.